The molecule has 0 saturated carbocycles. The quantitative estimate of drug-likeness (QED) is 0.876. The SMILES string of the molecule is CNC(c1cc(C)sc1C)c1c(F)cccc1Cl. The smallest absolute Gasteiger partial charge is 0.129 e. The maximum Gasteiger partial charge on any atom is 0.129 e. The fourth-order valence-electron chi connectivity index (χ4n) is 2.18. The van der Waals surface area contributed by atoms with Crippen molar-refractivity contribution >= 4 is 22.9 Å². The molecular formula is C14H15ClFNS. The number of hydrogen-bond donors (Lipinski definition) is 1. The summed E-state index contributed by atoms with van der Waals surface area (Å²) in [5.41, 5.74) is 1.61. The van der Waals surface area contributed by atoms with Gasteiger partial charge in [-0.15, -0.1) is 11.3 Å². The van der Waals surface area contributed by atoms with Crippen molar-refractivity contribution in [2.24, 2.45) is 0 Å². The molecule has 1 nitrogen and oxygen atoms in total. The van der Waals surface area contributed by atoms with Crippen LogP contribution in [0.5, 0.6) is 0 Å². The Morgan fingerprint density at radius 1 is 1.33 bits per heavy atom. The molecule has 0 amide bonds. The van der Waals surface area contributed by atoms with Crippen molar-refractivity contribution in [1.29, 1.82) is 0 Å². The van der Waals surface area contributed by atoms with Gasteiger partial charge in [-0.05, 0) is 44.7 Å². The van der Waals surface area contributed by atoms with Crippen molar-refractivity contribution in [2.75, 3.05) is 7.05 Å². The first-order valence-corrected chi connectivity index (χ1v) is 6.92. The van der Waals surface area contributed by atoms with Crippen LogP contribution in [0.15, 0.2) is 24.3 Å². The highest BCUT2D eigenvalue weighted by Crippen LogP contribution is 2.34. The topological polar surface area (TPSA) is 12.0 Å². The summed E-state index contributed by atoms with van der Waals surface area (Å²) in [5.74, 6) is -0.273. The maximum absolute atomic E-state index is 14.0. The van der Waals surface area contributed by atoms with E-state index in [-0.39, 0.29) is 11.9 Å². The number of thiophene rings is 1. The first-order chi connectivity index (χ1) is 8.54. The number of nitrogens with one attached hydrogen (secondary N) is 1. The van der Waals surface area contributed by atoms with Gasteiger partial charge in [0.15, 0.2) is 0 Å². The average Bonchev–Trinajstić information content (AvgIpc) is 2.63. The van der Waals surface area contributed by atoms with Crippen molar-refractivity contribution in [2.45, 2.75) is 19.9 Å². The third kappa shape index (κ3) is 2.44. The summed E-state index contributed by atoms with van der Waals surface area (Å²) in [4.78, 5) is 2.40. The monoisotopic (exact) mass is 283 g/mol. The largest absolute Gasteiger partial charge is 0.309 e. The molecule has 1 atom stereocenters. The zero-order valence-electron chi connectivity index (χ0n) is 10.6. The van der Waals surface area contributed by atoms with Gasteiger partial charge in [-0.3, -0.25) is 0 Å². The summed E-state index contributed by atoms with van der Waals surface area (Å²) in [7, 11) is 1.82. The second-order valence-electron chi connectivity index (χ2n) is 4.23. The molecule has 0 aliphatic carbocycles. The predicted molar refractivity (Wildman–Crippen MR) is 76.1 cm³/mol. The summed E-state index contributed by atoms with van der Waals surface area (Å²) in [6.45, 7) is 4.10. The minimum Gasteiger partial charge on any atom is -0.309 e. The molecule has 0 fully saturated rings. The Hall–Kier alpha value is -0.900. The molecule has 1 N–H and O–H groups in total. The third-order valence-corrected chi connectivity index (χ3v) is 4.28. The molecule has 18 heavy (non-hydrogen) atoms. The Kier molecular flexibility index (Phi) is 4.05. The Balaban J connectivity index is 2.55. The van der Waals surface area contributed by atoms with Gasteiger partial charge in [-0.25, -0.2) is 4.39 Å². The number of rotatable bonds is 3. The lowest BCUT2D eigenvalue weighted by Gasteiger charge is -2.19. The van der Waals surface area contributed by atoms with Crippen LogP contribution in [0.1, 0.15) is 26.9 Å². The number of halogens is 2. The molecule has 96 valence electrons. The molecule has 2 aromatic rings. The highest BCUT2D eigenvalue weighted by molar-refractivity contribution is 7.12. The number of benzene rings is 1. The van der Waals surface area contributed by atoms with Gasteiger partial charge in [0.25, 0.3) is 0 Å². The fraction of sp³-hybridized carbons (Fsp3) is 0.286. The molecule has 0 bridgehead atoms. The normalized spacial score (nSPS) is 12.7. The summed E-state index contributed by atoms with van der Waals surface area (Å²) >= 11 is 7.85. The summed E-state index contributed by atoms with van der Waals surface area (Å²) < 4.78 is 14.0. The van der Waals surface area contributed by atoms with E-state index in [1.54, 1.807) is 23.5 Å². The first kappa shape index (κ1) is 13.5. The van der Waals surface area contributed by atoms with Gasteiger partial charge in [0.1, 0.15) is 5.82 Å². The lowest BCUT2D eigenvalue weighted by atomic mass is 9.98. The van der Waals surface area contributed by atoms with Crippen LogP contribution >= 0.6 is 22.9 Å². The van der Waals surface area contributed by atoms with E-state index in [1.165, 1.54) is 15.8 Å². The molecule has 0 saturated heterocycles. The van der Waals surface area contributed by atoms with Crippen LogP contribution in [-0.2, 0) is 0 Å². The summed E-state index contributed by atoms with van der Waals surface area (Å²) in [6.07, 6.45) is 0. The molecule has 0 spiro atoms. The van der Waals surface area contributed by atoms with Crippen LogP contribution in [0.2, 0.25) is 5.02 Å². The second kappa shape index (κ2) is 5.39. The molecule has 0 radical (unpaired) electrons. The standard InChI is InChI=1S/C14H15ClFNS/c1-8-7-10(9(2)18-8)14(17-3)13-11(15)5-4-6-12(13)16/h4-7,14,17H,1-3H3. The Morgan fingerprint density at radius 3 is 2.56 bits per heavy atom. The predicted octanol–water partition coefficient (Wildman–Crippen LogP) is 4.47. The Labute approximate surface area is 116 Å². The van der Waals surface area contributed by atoms with Crippen LogP contribution in [0, 0.1) is 19.7 Å². The molecule has 1 aromatic heterocycles. The van der Waals surface area contributed by atoms with Crippen LogP contribution in [-0.4, -0.2) is 7.05 Å². The fourth-order valence-corrected chi connectivity index (χ4v) is 3.41. The van der Waals surface area contributed by atoms with Gasteiger partial charge in [-0.2, -0.15) is 0 Å². The van der Waals surface area contributed by atoms with Crippen molar-refractivity contribution in [3.63, 3.8) is 0 Å². The van der Waals surface area contributed by atoms with Crippen molar-refractivity contribution in [1.82, 2.24) is 5.32 Å². The van der Waals surface area contributed by atoms with Crippen LogP contribution in [0.3, 0.4) is 0 Å². The van der Waals surface area contributed by atoms with E-state index in [9.17, 15) is 4.39 Å². The van der Waals surface area contributed by atoms with E-state index >= 15 is 0 Å². The molecular weight excluding hydrogens is 269 g/mol. The highest BCUT2D eigenvalue weighted by Gasteiger charge is 2.21. The van der Waals surface area contributed by atoms with Crippen LogP contribution < -0.4 is 5.32 Å². The molecule has 2 rings (SSSR count). The van der Waals surface area contributed by atoms with Gasteiger partial charge in [0, 0.05) is 20.3 Å². The lowest BCUT2D eigenvalue weighted by molar-refractivity contribution is 0.576. The van der Waals surface area contributed by atoms with Gasteiger partial charge >= 0.3 is 0 Å². The van der Waals surface area contributed by atoms with Crippen molar-refractivity contribution < 1.29 is 4.39 Å². The van der Waals surface area contributed by atoms with Gasteiger partial charge in [0.2, 0.25) is 0 Å². The zero-order valence-corrected chi connectivity index (χ0v) is 12.1. The Morgan fingerprint density at radius 2 is 2.06 bits per heavy atom. The van der Waals surface area contributed by atoms with E-state index in [0.717, 1.165) is 5.56 Å². The van der Waals surface area contributed by atoms with E-state index in [2.05, 4.69) is 18.3 Å². The van der Waals surface area contributed by atoms with Crippen molar-refractivity contribution in [3.05, 3.63) is 56.0 Å². The van der Waals surface area contributed by atoms with Gasteiger partial charge < -0.3 is 5.32 Å². The van der Waals surface area contributed by atoms with Gasteiger partial charge in [0.05, 0.1) is 6.04 Å². The second-order valence-corrected chi connectivity index (χ2v) is 6.09. The average molecular weight is 284 g/mol. The molecule has 1 heterocycles. The minimum atomic E-state index is -0.273. The van der Waals surface area contributed by atoms with E-state index in [1.807, 2.05) is 14.0 Å². The lowest BCUT2D eigenvalue weighted by Crippen LogP contribution is -2.19. The highest BCUT2D eigenvalue weighted by atomic mass is 35.5. The third-order valence-electron chi connectivity index (χ3n) is 2.97. The van der Waals surface area contributed by atoms with Crippen LogP contribution in [0.25, 0.3) is 0 Å². The molecule has 1 aromatic carbocycles. The molecule has 4 heteroatoms. The first-order valence-electron chi connectivity index (χ1n) is 5.72. The zero-order chi connectivity index (χ0) is 13.3. The van der Waals surface area contributed by atoms with Gasteiger partial charge in [-0.1, -0.05) is 17.7 Å². The summed E-state index contributed by atoms with van der Waals surface area (Å²) in [6, 6.07) is 6.67. The van der Waals surface area contributed by atoms with Crippen LogP contribution in [0.4, 0.5) is 4.39 Å². The maximum atomic E-state index is 14.0. The number of aryl methyl sites for hydroxylation is 2. The van der Waals surface area contributed by atoms with E-state index in [0.29, 0.717) is 10.6 Å². The molecule has 1 unspecified atom stereocenters. The van der Waals surface area contributed by atoms with Crippen molar-refractivity contribution in [3.8, 4) is 0 Å². The van der Waals surface area contributed by atoms with E-state index in [4.69, 9.17) is 11.6 Å². The molecule has 0 aliphatic rings. The Bertz CT molecular complexity index is 545. The number of hydrogen-bond acceptors (Lipinski definition) is 2. The molecule has 0 aliphatic heterocycles. The summed E-state index contributed by atoms with van der Waals surface area (Å²) in [5, 5.41) is 3.61. The minimum absolute atomic E-state index is 0.205. The van der Waals surface area contributed by atoms with E-state index < -0.39 is 0 Å².